The van der Waals surface area contributed by atoms with E-state index in [4.69, 9.17) is 0 Å². The molecular weight excluding hydrogens is 413 g/mol. The fraction of sp³-hybridized carbons (Fsp3) is 0.269. The van der Waals surface area contributed by atoms with Gasteiger partial charge < -0.3 is 5.32 Å². The van der Waals surface area contributed by atoms with Gasteiger partial charge in [0.15, 0.2) is 0 Å². The summed E-state index contributed by atoms with van der Waals surface area (Å²) in [6.07, 6.45) is -3.16. The molecule has 0 heterocycles. The Morgan fingerprint density at radius 2 is 1.53 bits per heavy atom. The average Bonchev–Trinajstić information content (AvgIpc) is 2.79. The molecule has 0 fully saturated rings. The van der Waals surface area contributed by atoms with Gasteiger partial charge in [0.25, 0.3) is 0 Å². The van der Waals surface area contributed by atoms with Gasteiger partial charge in [-0.3, -0.25) is 10.1 Å². The van der Waals surface area contributed by atoms with Crippen LogP contribution in [-0.2, 0) is 17.4 Å². The van der Waals surface area contributed by atoms with Crippen molar-refractivity contribution < 1.29 is 18.0 Å². The summed E-state index contributed by atoms with van der Waals surface area (Å²) in [5.41, 5.74) is 3.15. The summed E-state index contributed by atoms with van der Waals surface area (Å²) in [6, 6.07) is 22.0. The van der Waals surface area contributed by atoms with Crippen LogP contribution in [0.3, 0.4) is 0 Å². The molecule has 0 saturated carbocycles. The lowest BCUT2D eigenvalue weighted by Gasteiger charge is -2.27. The van der Waals surface area contributed by atoms with Crippen molar-refractivity contribution in [3.8, 4) is 0 Å². The van der Waals surface area contributed by atoms with Gasteiger partial charge in [-0.1, -0.05) is 66.7 Å². The fourth-order valence-corrected chi connectivity index (χ4v) is 3.79. The van der Waals surface area contributed by atoms with Gasteiger partial charge in [-0.2, -0.15) is 13.2 Å². The summed E-state index contributed by atoms with van der Waals surface area (Å²) in [5.74, 6) is -0.149. The molecule has 2 N–H and O–H groups in total. The molecule has 168 valence electrons. The first-order chi connectivity index (χ1) is 15.3. The van der Waals surface area contributed by atoms with Crippen LogP contribution in [0.15, 0.2) is 78.9 Å². The predicted molar refractivity (Wildman–Crippen MR) is 120 cm³/mol. The van der Waals surface area contributed by atoms with Crippen LogP contribution < -0.4 is 10.6 Å². The zero-order valence-electron chi connectivity index (χ0n) is 18.1. The molecule has 3 rings (SSSR count). The van der Waals surface area contributed by atoms with Crippen LogP contribution in [0, 0.1) is 6.92 Å². The van der Waals surface area contributed by atoms with Gasteiger partial charge in [0.2, 0.25) is 5.91 Å². The highest BCUT2D eigenvalue weighted by atomic mass is 19.4. The third kappa shape index (κ3) is 5.98. The maximum absolute atomic E-state index is 12.9. The Labute approximate surface area is 186 Å². The molecule has 1 amide bonds. The largest absolute Gasteiger partial charge is 0.416 e. The van der Waals surface area contributed by atoms with Gasteiger partial charge >= 0.3 is 6.18 Å². The number of alkyl halides is 3. The Balaban J connectivity index is 1.85. The van der Waals surface area contributed by atoms with Gasteiger partial charge in [0, 0.05) is 13.1 Å². The van der Waals surface area contributed by atoms with E-state index in [0.717, 1.165) is 34.4 Å². The van der Waals surface area contributed by atoms with E-state index in [9.17, 15) is 18.0 Å². The molecular formula is C26H27F3N2O. The number of hydrogen-bond acceptors (Lipinski definition) is 2. The summed E-state index contributed by atoms with van der Waals surface area (Å²) in [5, 5.41) is 6.21. The van der Waals surface area contributed by atoms with E-state index in [-0.39, 0.29) is 11.9 Å². The van der Waals surface area contributed by atoms with Crippen LogP contribution in [0.5, 0.6) is 0 Å². The van der Waals surface area contributed by atoms with Crippen LogP contribution in [-0.4, -0.2) is 13.0 Å². The lowest BCUT2D eigenvalue weighted by molar-refractivity contribution is -0.137. The molecule has 0 aliphatic carbocycles. The molecule has 2 atom stereocenters. The molecule has 0 bridgehead atoms. The average molecular weight is 441 g/mol. The summed E-state index contributed by atoms with van der Waals surface area (Å²) in [6.45, 7) is 2.01. The summed E-state index contributed by atoms with van der Waals surface area (Å²) in [4.78, 5) is 12.7. The van der Waals surface area contributed by atoms with Gasteiger partial charge in [-0.15, -0.1) is 0 Å². The van der Waals surface area contributed by atoms with E-state index in [1.807, 2.05) is 61.5 Å². The lowest BCUT2D eigenvalue weighted by atomic mass is 9.93. The molecule has 0 aliphatic heterocycles. The first kappa shape index (κ1) is 23.5. The monoisotopic (exact) mass is 440 g/mol. The van der Waals surface area contributed by atoms with Crippen molar-refractivity contribution in [1.29, 1.82) is 0 Å². The molecule has 0 aromatic heterocycles. The first-order valence-corrected chi connectivity index (χ1v) is 10.5. The van der Waals surface area contributed by atoms with Crippen LogP contribution in [0.4, 0.5) is 13.2 Å². The summed E-state index contributed by atoms with van der Waals surface area (Å²) >= 11 is 0. The van der Waals surface area contributed by atoms with Crippen LogP contribution in [0.2, 0.25) is 0 Å². The highest BCUT2D eigenvalue weighted by molar-refractivity contribution is 5.83. The number of carbonyl (C=O) groups is 1. The summed E-state index contributed by atoms with van der Waals surface area (Å²) < 4.78 is 38.6. The van der Waals surface area contributed by atoms with Gasteiger partial charge in [-0.05, 0) is 54.2 Å². The Kier molecular flexibility index (Phi) is 7.70. The third-order valence-corrected chi connectivity index (χ3v) is 5.58. The Hall–Kier alpha value is -3.12. The van der Waals surface area contributed by atoms with Crippen LogP contribution in [0.1, 0.15) is 46.3 Å². The molecule has 3 aromatic rings. The van der Waals surface area contributed by atoms with Crippen molar-refractivity contribution >= 4 is 5.91 Å². The minimum Gasteiger partial charge on any atom is -0.358 e. The van der Waals surface area contributed by atoms with Gasteiger partial charge in [0.1, 0.15) is 6.04 Å². The van der Waals surface area contributed by atoms with Crippen molar-refractivity contribution in [1.82, 2.24) is 10.6 Å². The number of likely N-dealkylation sites (N-methyl/N-ethyl adjacent to an activating group) is 1. The minimum atomic E-state index is -4.35. The molecule has 0 aliphatic rings. The molecule has 6 heteroatoms. The van der Waals surface area contributed by atoms with E-state index in [1.54, 1.807) is 7.05 Å². The molecule has 0 unspecified atom stereocenters. The smallest absolute Gasteiger partial charge is 0.358 e. The number of amides is 1. The van der Waals surface area contributed by atoms with E-state index < -0.39 is 17.8 Å². The molecule has 0 saturated heterocycles. The molecule has 0 spiro atoms. The number of aryl methyl sites for hydroxylation is 2. The van der Waals surface area contributed by atoms with E-state index >= 15 is 0 Å². The Morgan fingerprint density at radius 3 is 2.12 bits per heavy atom. The highest BCUT2D eigenvalue weighted by Crippen LogP contribution is 2.30. The molecule has 32 heavy (non-hydrogen) atoms. The van der Waals surface area contributed by atoms with E-state index in [1.165, 1.54) is 12.1 Å². The van der Waals surface area contributed by atoms with Crippen molar-refractivity contribution in [3.63, 3.8) is 0 Å². The van der Waals surface area contributed by atoms with Crippen molar-refractivity contribution in [2.45, 2.75) is 38.0 Å². The zero-order valence-corrected chi connectivity index (χ0v) is 18.1. The second kappa shape index (κ2) is 10.5. The topological polar surface area (TPSA) is 41.1 Å². The van der Waals surface area contributed by atoms with Gasteiger partial charge in [0.05, 0.1) is 5.56 Å². The fourth-order valence-electron chi connectivity index (χ4n) is 3.79. The van der Waals surface area contributed by atoms with Crippen molar-refractivity contribution in [2.75, 3.05) is 7.05 Å². The maximum Gasteiger partial charge on any atom is 0.416 e. The van der Waals surface area contributed by atoms with Crippen molar-refractivity contribution in [2.24, 2.45) is 0 Å². The lowest BCUT2D eigenvalue weighted by Crippen LogP contribution is -2.38. The van der Waals surface area contributed by atoms with Crippen LogP contribution in [0.25, 0.3) is 0 Å². The Morgan fingerprint density at radius 1 is 0.906 bits per heavy atom. The summed E-state index contributed by atoms with van der Waals surface area (Å²) in [7, 11) is 1.60. The quantitative estimate of drug-likeness (QED) is 0.467. The number of carbonyl (C=O) groups excluding carboxylic acids is 1. The maximum atomic E-state index is 12.9. The van der Waals surface area contributed by atoms with Crippen LogP contribution >= 0.6 is 0 Å². The normalized spacial score (nSPS) is 13.4. The van der Waals surface area contributed by atoms with E-state index in [2.05, 4.69) is 10.6 Å². The standard InChI is InChI=1S/C26H27F3N2O/c1-18-8-6-7-11-22(18)23(17-14-19-12-15-21(16-13-19)26(27,28)29)31-24(25(32)30-2)20-9-4-3-5-10-20/h3-13,15-16,23-24,31H,14,17H2,1-2H3,(H,30,32)/t23-,24-/m0/s1. The number of hydrogen-bond donors (Lipinski definition) is 2. The SMILES string of the molecule is CNC(=O)[C@@H](N[C@@H](CCc1ccc(C(F)(F)F)cc1)c1ccccc1C)c1ccccc1. The Bertz CT molecular complexity index is 1020. The molecule has 3 nitrogen and oxygen atoms in total. The second-order valence-corrected chi connectivity index (χ2v) is 7.77. The minimum absolute atomic E-state index is 0.149. The predicted octanol–water partition coefficient (Wildman–Crippen LogP) is 5.76. The highest BCUT2D eigenvalue weighted by Gasteiger charge is 2.30. The van der Waals surface area contributed by atoms with Gasteiger partial charge in [-0.25, -0.2) is 0 Å². The number of benzene rings is 3. The number of nitrogens with one attached hydrogen (secondary N) is 2. The molecule has 0 radical (unpaired) electrons. The first-order valence-electron chi connectivity index (χ1n) is 10.5. The molecule has 3 aromatic carbocycles. The van der Waals surface area contributed by atoms with Crippen molar-refractivity contribution in [3.05, 3.63) is 107 Å². The third-order valence-electron chi connectivity index (χ3n) is 5.58. The zero-order chi connectivity index (χ0) is 23.1. The number of halogens is 3. The number of rotatable bonds is 8. The second-order valence-electron chi connectivity index (χ2n) is 7.77. The van der Waals surface area contributed by atoms with E-state index in [0.29, 0.717) is 12.8 Å².